The first kappa shape index (κ1) is 14.3. The van der Waals surface area contributed by atoms with Crippen LogP contribution in [0.3, 0.4) is 0 Å². The molecule has 1 aromatic rings. The lowest BCUT2D eigenvalue weighted by atomic mass is 10.0. The Morgan fingerprint density at radius 1 is 1.38 bits per heavy atom. The van der Waals surface area contributed by atoms with Crippen molar-refractivity contribution in [2.24, 2.45) is 0 Å². The summed E-state index contributed by atoms with van der Waals surface area (Å²) in [6, 6.07) is 6.20. The quantitative estimate of drug-likeness (QED) is 0.830. The Bertz CT molecular complexity index is 454. The smallest absolute Gasteiger partial charge is 0.250 e. The van der Waals surface area contributed by atoms with Crippen molar-refractivity contribution in [3.63, 3.8) is 0 Å². The second-order valence-electron chi connectivity index (χ2n) is 5.52. The maximum absolute atomic E-state index is 12.1. The van der Waals surface area contributed by atoms with Crippen LogP contribution in [0.2, 0.25) is 0 Å². The van der Waals surface area contributed by atoms with Crippen LogP contribution in [0.4, 0.5) is 5.82 Å². The van der Waals surface area contributed by atoms with Gasteiger partial charge in [0.2, 0.25) is 0 Å². The fourth-order valence-electron chi connectivity index (χ4n) is 2.82. The van der Waals surface area contributed by atoms with Crippen LogP contribution in [-0.2, 0) is 9.53 Å². The monoisotopic (exact) mass is 290 g/mol. The summed E-state index contributed by atoms with van der Waals surface area (Å²) in [5, 5.41) is 6.29. The van der Waals surface area contributed by atoms with E-state index in [2.05, 4.69) is 20.5 Å². The number of ether oxygens (including phenoxy) is 1. The number of carbonyl (C=O) groups excluding carboxylic acids is 1. The van der Waals surface area contributed by atoms with Crippen LogP contribution in [0.1, 0.15) is 12.8 Å². The highest BCUT2D eigenvalue weighted by Gasteiger charge is 2.26. The molecule has 2 saturated heterocycles. The average molecular weight is 290 g/mol. The Labute approximate surface area is 124 Å². The molecule has 1 atom stereocenters. The highest BCUT2D eigenvalue weighted by Crippen LogP contribution is 2.17. The second kappa shape index (κ2) is 6.87. The van der Waals surface area contributed by atoms with Crippen molar-refractivity contribution in [3.05, 3.63) is 24.4 Å². The third kappa shape index (κ3) is 3.71. The predicted octanol–water partition coefficient (Wildman–Crippen LogP) is 0.155. The lowest BCUT2D eigenvalue weighted by molar-refractivity contribution is -0.135. The summed E-state index contributed by atoms with van der Waals surface area (Å²) < 4.78 is 5.48. The van der Waals surface area contributed by atoms with E-state index in [-0.39, 0.29) is 18.1 Å². The number of piperidine rings is 1. The van der Waals surface area contributed by atoms with E-state index >= 15 is 0 Å². The Balaban J connectivity index is 1.46. The number of nitrogens with zero attached hydrogens (tertiary/aromatic N) is 2. The number of carbonyl (C=O) groups is 1. The molecule has 2 aliphatic heterocycles. The van der Waals surface area contributed by atoms with Crippen LogP contribution >= 0.6 is 0 Å². The maximum atomic E-state index is 12.1. The minimum atomic E-state index is -0.340. The Morgan fingerprint density at radius 2 is 2.24 bits per heavy atom. The second-order valence-corrected chi connectivity index (χ2v) is 5.52. The molecule has 2 fully saturated rings. The van der Waals surface area contributed by atoms with Gasteiger partial charge in [-0.05, 0) is 25.0 Å². The fraction of sp³-hybridized carbons (Fsp3) is 0.600. The SMILES string of the molecule is O=C(NC1CCN(c2ccccn2)CC1)C1CNCCO1. The number of pyridine rings is 1. The van der Waals surface area contributed by atoms with Crippen LogP contribution in [0.5, 0.6) is 0 Å². The molecule has 1 unspecified atom stereocenters. The number of nitrogens with one attached hydrogen (secondary N) is 2. The van der Waals surface area contributed by atoms with E-state index in [1.165, 1.54) is 0 Å². The Hall–Kier alpha value is -1.66. The minimum absolute atomic E-state index is 0.0125. The molecule has 6 nitrogen and oxygen atoms in total. The van der Waals surface area contributed by atoms with Crippen LogP contribution in [0.15, 0.2) is 24.4 Å². The molecule has 2 N–H and O–H groups in total. The molecule has 1 amide bonds. The van der Waals surface area contributed by atoms with Gasteiger partial charge in [-0.1, -0.05) is 6.07 Å². The molecule has 0 bridgehead atoms. The first-order valence-electron chi connectivity index (χ1n) is 7.61. The minimum Gasteiger partial charge on any atom is -0.366 e. The average Bonchev–Trinajstić information content (AvgIpc) is 2.57. The van der Waals surface area contributed by atoms with Gasteiger partial charge in [0, 0.05) is 38.4 Å². The molecule has 3 rings (SSSR count). The summed E-state index contributed by atoms with van der Waals surface area (Å²) >= 11 is 0. The van der Waals surface area contributed by atoms with Crippen LogP contribution in [0.25, 0.3) is 0 Å². The van der Waals surface area contributed by atoms with Crippen molar-refractivity contribution in [1.82, 2.24) is 15.6 Å². The molecule has 0 radical (unpaired) electrons. The summed E-state index contributed by atoms with van der Waals surface area (Å²) in [5.74, 6) is 1.03. The summed E-state index contributed by atoms with van der Waals surface area (Å²) in [6.45, 7) is 3.89. The number of hydrogen-bond acceptors (Lipinski definition) is 5. The highest BCUT2D eigenvalue weighted by atomic mass is 16.5. The van der Waals surface area contributed by atoms with Crippen molar-refractivity contribution >= 4 is 11.7 Å². The molecule has 3 heterocycles. The summed E-state index contributed by atoms with van der Waals surface area (Å²) in [5.41, 5.74) is 0. The van der Waals surface area contributed by atoms with Crippen LogP contribution in [-0.4, -0.2) is 55.8 Å². The van der Waals surface area contributed by atoms with Crippen molar-refractivity contribution in [2.75, 3.05) is 37.7 Å². The zero-order chi connectivity index (χ0) is 14.5. The van der Waals surface area contributed by atoms with E-state index < -0.39 is 0 Å². The molecule has 0 aromatic carbocycles. The number of aromatic nitrogens is 1. The van der Waals surface area contributed by atoms with Crippen molar-refractivity contribution in [1.29, 1.82) is 0 Å². The lowest BCUT2D eigenvalue weighted by Crippen LogP contribution is -2.52. The standard InChI is InChI=1S/C15H22N4O2/c20-15(13-11-16-7-10-21-13)18-12-4-8-19(9-5-12)14-3-1-2-6-17-14/h1-3,6,12-13,16H,4-5,7-11H2,(H,18,20). The first-order valence-corrected chi connectivity index (χ1v) is 7.61. The number of anilines is 1. The summed E-state index contributed by atoms with van der Waals surface area (Å²) in [7, 11) is 0. The highest BCUT2D eigenvalue weighted by molar-refractivity contribution is 5.81. The largest absolute Gasteiger partial charge is 0.366 e. The molecule has 21 heavy (non-hydrogen) atoms. The normalized spacial score (nSPS) is 23.8. The van der Waals surface area contributed by atoms with E-state index in [9.17, 15) is 4.79 Å². The van der Waals surface area contributed by atoms with Gasteiger partial charge in [0.25, 0.3) is 5.91 Å². The lowest BCUT2D eigenvalue weighted by Gasteiger charge is -2.34. The van der Waals surface area contributed by atoms with Gasteiger partial charge in [-0.3, -0.25) is 4.79 Å². The fourth-order valence-corrected chi connectivity index (χ4v) is 2.82. The first-order chi connectivity index (χ1) is 10.3. The predicted molar refractivity (Wildman–Crippen MR) is 80.2 cm³/mol. The van der Waals surface area contributed by atoms with E-state index in [1.807, 2.05) is 24.4 Å². The topological polar surface area (TPSA) is 66.5 Å². The van der Waals surface area contributed by atoms with Gasteiger partial charge >= 0.3 is 0 Å². The number of hydrogen-bond donors (Lipinski definition) is 2. The zero-order valence-electron chi connectivity index (χ0n) is 12.1. The van der Waals surface area contributed by atoms with Gasteiger partial charge in [-0.2, -0.15) is 0 Å². The van der Waals surface area contributed by atoms with Gasteiger partial charge in [0.05, 0.1) is 6.61 Å². The van der Waals surface area contributed by atoms with Gasteiger partial charge in [0.1, 0.15) is 11.9 Å². The molecule has 0 aliphatic carbocycles. The van der Waals surface area contributed by atoms with E-state index in [4.69, 9.17) is 4.74 Å². The third-order valence-electron chi connectivity index (χ3n) is 4.03. The molecule has 0 spiro atoms. The Kier molecular flexibility index (Phi) is 4.67. The van der Waals surface area contributed by atoms with Crippen LogP contribution < -0.4 is 15.5 Å². The van der Waals surface area contributed by atoms with E-state index in [1.54, 1.807) is 0 Å². The van der Waals surface area contributed by atoms with Crippen molar-refractivity contribution in [2.45, 2.75) is 25.0 Å². The number of amides is 1. The zero-order valence-corrected chi connectivity index (χ0v) is 12.1. The van der Waals surface area contributed by atoms with Crippen LogP contribution in [0, 0.1) is 0 Å². The molecule has 114 valence electrons. The number of rotatable bonds is 3. The van der Waals surface area contributed by atoms with E-state index in [0.717, 1.165) is 38.3 Å². The Morgan fingerprint density at radius 3 is 2.90 bits per heavy atom. The molecular weight excluding hydrogens is 268 g/mol. The van der Waals surface area contributed by atoms with Crippen molar-refractivity contribution < 1.29 is 9.53 Å². The maximum Gasteiger partial charge on any atom is 0.250 e. The van der Waals surface area contributed by atoms with Gasteiger partial charge in [-0.25, -0.2) is 4.98 Å². The third-order valence-corrected chi connectivity index (χ3v) is 4.03. The van der Waals surface area contributed by atoms with Gasteiger partial charge in [0.15, 0.2) is 0 Å². The van der Waals surface area contributed by atoms with Gasteiger partial charge in [-0.15, -0.1) is 0 Å². The molecule has 0 saturated carbocycles. The van der Waals surface area contributed by atoms with Gasteiger partial charge < -0.3 is 20.3 Å². The number of morpholine rings is 1. The van der Waals surface area contributed by atoms with E-state index in [0.29, 0.717) is 13.2 Å². The summed E-state index contributed by atoms with van der Waals surface area (Å²) in [6.07, 6.45) is 3.37. The molecule has 6 heteroatoms. The molecule has 1 aromatic heterocycles. The molecular formula is C15H22N4O2. The van der Waals surface area contributed by atoms with Crippen molar-refractivity contribution in [3.8, 4) is 0 Å². The molecule has 2 aliphatic rings. The summed E-state index contributed by atoms with van der Waals surface area (Å²) in [4.78, 5) is 18.8.